The van der Waals surface area contributed by atoms with E-state index in [-0.39, 0.29) is 37.6 Å². The van der Waals surface area contributed by atoms with Crippen LogP contribution in [-0.2, 0) is 31.9 Å². The van der Waals surface area contributed by atoms with Gasteiger partial charge in [0.25, 0.3) is 0 Å². The van der Waals surface area contributed by atoms with Crippen LogP contribution < -0.4 is 0 Å². The Morgan fingerprint density at radius 3 is 1.68 bits per heavy atom. The van der Waals surface area contributed by atoms with Gasteiger partial charge in [-0.1, -0.05) is 125 Å². The Labute approximate surface area is 356 Å². The minimum Gasteiger partial charge on any atom is -0.507 e. The topological polar surface area (TPSA) is 46.0 Å². The smallest absolute Gasteiger partial charge is 0.127 e. The number of hydrogen-bond acceptors (Lipinski definition) is 4. The van der Waals surface area contributed by atoms with Crippen molar-refractivity contribution >= 4 is 32.5 Å². The average molecular weight is 945 g/mol. The van der Waals surface area contributed by atoms with Gasteiger partial charge in [-0.05, 0) is 118 Å². The third kappa shape index (κ3) is 7.63. The van der Waals surface area contributed by atoms with E-state index in [0.29, 0.717) is 0 Å². The van der Waals surface area contributed by atoms with Gasteiger partial charge < -0.3 is 5.11 Å². The molecule has 6 aromatic carbocycles. The number of benzene rings is 6. The number of fused-ring (bicyclic) bond motifs is 2. The van der Waals surface area contributed by atoms with Crippen molar-refractivity contribution in [1.29, 1.82) is 0 Å². The fraction of sp³-hybridized carbons (Fsp3) is 0.231. The van der Waals surface area contributed by atoms with Crippen molar-refractivity contribution in [2.45, 2.75) is 80.1 Å². The molecule has 2 aromatic heterocycles. The van der Waals surface area contributed by atoms with E-state index in [9.17, 15) is 5.11 Å². The Kier molecular flexibility index (Phi) is 10.7. The standard InChI is InChI=1S/C52H49N2OS.Pt/c1-30-14-11-15-31(2)46(30)37-23-35(22-36(24-37)42-29-40(52(8,9)10)25-34-18-13-21-53-48(34)42)41-26-38(47-32(3)16-12-17-33(47)4)27-45-49(41)54-50(56-45)43-28-39(51(5,6)7)19-20-44(43)55;/h11-21,23-29,55H,1-10H3;/q-1;. The quantitative estimate of drug-likeness (QED) is 0.175. The predicted molar refractivity (Wildman–Crippen MR) is 239 cm³/mol. The van der Waals surface area contributed by atoms with Crippen LogP contribution in [0, 0.1) is 33.8 Å². The van der Waals surface area contributed by atoms with Crippen LogP contribution in [0.5, 0.6) is 5.75 Å². The van der Waals surface area contributed by atoms with Gasteiger partial charge in [0.15, 0.2) is 0 Å². The van der Waals surface area contributed by atoms with Crippen molar-refractivity contribution in [3.63, 3.8) is 0 Å². The molecule has 0 unspecified atom stereocenters. The molecule has 0 aliphatic carbocycles. The molecule has 8 aromatic rings. The Hall–Kier alpha value is -4.89. The third-order valence-electron chi connectivity index (χ3n) is 11.1. The van der Waals surface area contributed by atoms with Gasteiger partial charge in [-0.2, -0.15) is 0 Å². The van der Waals surface area contributed by atoms with Crippen molar-refractivity contribution < 1.29 is 26.2 Å². The SMILES string of the molecule is Cc1cccc(C)c1-c1cc(-c2cc(C(C)(C)C)cc3cccnc23)[c-]c(-c2cc(-c3c(C)cccc3C)cc3sc(-c4cc(C(C)(C)C)ccc4O)nc23)c1.[Pt]. The first-order valence-electron chi connectivity index (χ1n) is 19.5. The van der Waals surface area contributed by atoms with Gasteiger partial charge in [-0.15, -0.1) is 40.7 Å². The summed E-state index contributed by atoms with van der Waals surface area (Å²) in [5, 5.41) is 13.2. The number of aromatic nitrogens is 2. The number of phenols is 1. The molecule has 0 saturated carbocycles. The van der Waals surface area contributed by atoms with Crippen LogP contribution in [-0.4, -0.2) is 15.1 Å². The monoisotopic (exact) mass is 944 g/mol. The van der Waals surface area contributed by atoms with Gasteiger partial charge in [-0.25, -0.2) is 4.98 Å². The molecule has 0 atom stereocenters. The maximum Gasteiger partial charge on any atom is 0.127 e. The van der Waals surface area contributed by atoms with Crippen LogP contribution in [0.3, 0.4) is 0 Å². The number of nitrogens with zero attached hydrogens (tertiary/aromatic N) is 2. The van der Waals surface area contributed by atoms with Crippen molar-refractivity contribution in [2.75, 3.05) is 0 Å². The van der Waals surface area contributed by atoms with Crippen LogP contribution >= 0.6 is 11.3 Å². The molecule has 0 fully saturated rings. The second kappa shape index (κ2) is 15.1. The zero-order valence-corrected chi connectivity index (χ0v) is 37.5. The molecule has 5 heteroatoms. The summed E-state index contributed by atoms with van der Waals surface area (Å²) in [5.41, 5.74) is 18.5. The van der Waals surface area contributed by atoms with Crippen LogP contribution in [0.25, 0.3) is 76.2 Å². The number of rotatable bonds is 5. The van der Waals surface area contributed by atoms with E-state index in [1.807, 2.05) is 24.4 Å². The van der Waals surface area contributed by atoms with Gasteiger partial charge >= 0.3 is 0 Å². The van der Waals surface area contributed by atoms with Crippen molar-refractivity contribution in [1.82, 2.24) is 9.97 Å². The van der Waals surface area contributed by atoms with Crippen LogP contribution in [0.1, 0.15) is 74.9 Å². The van der Waals surface area contributed by atoms with Crippen molar-refractivity contribution in [3.8, 4) is 60.8 Å². The fourth-order valence-corrected chi connectivity index (χ4v) is 9.10. The summed E-state index contributed by atoms with van der Waals surface area (Å²) in [7, 11) is 0. The molecule has 0 spiro atoms. The van der Waals surface area contributed by atoms with E-state index in [2.05, 4.69) is 160 Å². The molecule has 290 valence electrons. The Morgan fingerprint density at radius 2 is 1.11 bits per heavy atom. The van der Waals surface area contributed by atoms with E-state index >= 15 is 0 Å². The molecule has 8 rings (SSSR count). The van der Waals surface area contributed by atoms with E-state index < -0.39 is 0 Å². The van der Waals surface area contributed by atoms with Gasteiger partial charge in [-0.3, -0.25) is 4.98 Å². The normalized spacial score (nSPS) is 12.0. The summed E-state index contributed by atoms with van der Waals surface area (Å²) in [6.45, 7) is 22.2. The average Bonchev–Trinajstić information content (AvgIpc) is 3.57. The number of aromatic hydroxyl groups is 1. The molecule has 3 nitrogen and oxygen atoms in total. The maximum atomic E-state index is 11.3. The first kappa shape index (κ1) is 40.3. The number of thiazole rings is 1. The van der Waals surface area contributed by atoms with Gasteiger partial charge in [0.05, 0.1) is 11.1 Å². The summed E-state index contributed by atoms with van der Waals surface area (Å²) in [6.07, 6.45) is 1.89. The van der Waals surface area contributed by atoms with Gasteiger partial charge in [0.2, 0.25) is 0 Å². The number of phenolic OH excluding ortho intramolecular Hbond substituents is 1. The molecule has 57 heavy (non-hydrogen) atoms. The number of pyridine rings is 1. The predicted octanol–water partition coefficient (Wildman–Crippen LogP) is 14.5. The fourth-order valence-electron chi connectivity index (χ4n) is 8.04. The van der Waals surface area contributed by atoms with Gasteiger partial charge in [0, 0.05) is 37.5 Å². The molecule has 0 aliphatic rings. The van der Waals surface area contributed by atoms with Crippen LogP contribution in [0.4, 0.5) is 0 Å². The molecular weight excluding hydrogens is 896 g/mol. The summed E-state index contributed by atoms with van der Waals surface area (Å²) < 4.78 is 1.06. The zero-order valence-electron chi connectivity index (χ0n) is 34.5. The van der Waals surface area contributed by atoms with E-state index in [1.54, 1.807) is 11.3 Å². The number of aryl methyl sites for hydroxylation is 4. The molecule has 0 amide bonds. The molecule has 2 heterocycles. The minimum absolute atomic E-state index is 0. The molecule has 0 radical (unpaired) electrons. The van der Waals surface area contributed by atoms with Crippen molar-refractivity contribution in [3.05, 3.63) is 149 Å². The molecule has 0 aliphatic heterocycles. The summed E-state index contributed by atoms with van der Waals surface area (Å²) >= 11 is 1.63. The first-order chi connectivity index (χ1) is 26.6. The molecule has 0 saturated heterocycles. The summed E-state index contributed by atoms with van der Waals surface area (Å²) in [5.74, 6) is 0.234. The largest absolute Gasteiger partial charge is 0.507 e. The van der Waals surface area contributed by atoms with E-state index in [4.69, 9.17) is 9.97 Å². The Morgan fingerprint density at radius 1 is 0.561 bits per heavy atom. The first-order valence-corrected chi connectivity index (χ1v) is 20.3. The van der Waals surface area contributed by atoms with Crippen LogP contribution in [0.2, 0.25) is 0 Å². The van der Waals surface area contributed by atoms with E-state index in [1.165, 1.54) is 38.9 Å². The zero-order chi connectivity index (χ0) is 39.7. The molecule has 1 N–H and O–H groups in total. The molecular formula is C52H49N2OPtS-. The maximum absolute atomic E-state index is 11.3. The third-order valence-corrected chi connectivity index (χ3v) is 12.2. The summed E-state index contributed by atoms with van der Waals surface area (Å²) in [6, 6.07) is 40.9. The summed E-state index contributed by atoms with van der Waals surface area (Å²) in [4.78, 5) is 10.3. The minimum atomic E-state index is -0.0807. The number of hydrogen-bond donors (Lipinski definition) is 1. The Bertz CT molecular complexity index is 2790. The second-order valence-corrected chi connectivity index (χ2v) is 18.5. The second-order valence-electron chi connectivity index (χ2n) is 17.5. The Balaban J connectivity index is 0.00000496. The van der Waals surface area contributed by atoms with E-state index in [0.717, 1.165) is 70.6 Å². The molecule has 0 bridgehead atoms. The van der Waals surface area contributed by atoms with Crippen molar-refractivity contribution in [2.24, 2.45) is 0 Å². The van der Waals surface area contributed by atoms with Crippen LogP contribution in [0.15, 0.2) is 109 Å². The van der Waals surface area contributed by atoms with Gasteiger partial charge in [0.1, 0.15) is 10.8 Å².